The maximum absolute atomic E-state index is 13.1. The highest BCUT2D eigenvalue weighted by molar-refractivity contribution is 6.24. The van der Waals surface area contributed by atoms with Gasteiger partial charge in [-0.15, -0.1) is 0 Å². The third-order valence-corrected chi connectivity index (χ3v) is 5.75. The number of carbonyl (C=O) groups excluding carboxylic acids is 2. The number of nitrogens with zero attached hydrogens (tertiary/aromatic N) is 2. The molecule has 0 spiro atoms. The van der Waals surface area contributed by atoms with Gasteiger partial charge < -0.3 is 19.7 Å². The Morgan fingerprint density at radius 1 is 1.00 bits per heavy atom. The van der Waals surface area contributed by atoms with E-state index in [1.54, 1.807) is 18.2 Å². The van der Waals surface area contributed by atoms with E-state index in [1.165, 1.54) is 7.11 Å². The molecule has 7 heteroatoms. The van der Waals surface area contributed by atoms with E-state index in [4.69, 9.17) is 14.5 Å². The van der Waals surface area contributed by atoms with Crippen molar-refractivity contribution in [2.24, 2.45) is 4.99 Å². The highest BCUT2D eigenvalue weighted by Gasteiger charge is 2.36. The zero-order chi connectivity index (χ0) is 24.8. The number of fused-ring (bicyclic) bond motifs is 1. The number of hydrogen-bond donors (Lipinski definition) is 1. The third kappa shape index (κ3) is 5.75. The van der Waals surface area contributed by atoms with Gasteiger partial charge in [-0.3, -0.25) is 9.79 Å². The van der Waals surface area contributed by atoms with Crippen molar-refractivity contribution in [1.29, 1.82) is 0 Å². The van der Waals surface area contributed by atoms with Crippen molar-refractivity contribution in [3.8, 4) is 5.75 Å². The van der Waals surface area contributed by atoms with Crippen LogP contribution in [0.4, 0.5) is 11.4 Å². The minimum Gasteiger partial charge on any atom is -0.494 e. The van der Waals surface area contributed by atoms with Crippen LogP contribution in [-0.4, -0.2) is 56.8 Å². The largest absolute Gasteiger partial charge is 0.494 e. The molecule has 1 atom stereocenters. The molecule has 1 amide bonds. The number of nitrogens with one attached hydrogen (secondary N) is 1. The molecule has 3 aromatic rings. The fourth-order valence-electron chi connectivity index (χ4n) is 4.01. The molecule has 3 aromatic carbocycles. The molecule has 1 unspecified atom stereocenters. The molecule has 0 radical (unpaired) electrons. The van der Waals surface area contributed by atoms with E-state index < -0.39 is 11.9 Å². The predicted molar refractivity (Wildman–Crippen MR) is 137 cm³/mol. The van der Waals surface area contributed by atoms with Crippen LogP contribution in [0, 0.1) is 0 Å². The number of carbonyl (C=O) groups is 2. The summed E-state index contributed by atoms with van der Waals surface area (Å²) >= 11 is 0. The molecular formula is C28H29N3O4. The van der Waals surface area contributed by atoms with Crippen LogP contribution in [0.15, 0.2) is 77.8 Å². The Kier molecular flexibility index (Phi) is 7.57. The smallest absolute Gasteiger partial charge is 0.337 e. The first kappa shape index (κ1) is 24.2. The van der Waals surface area contributed by atoms with Gasteiger partial charge in [0.2, 0.25) is 5.91 Å². The minimum atomic E-state index is -0.610. The van der Waals surface area contributed by atoms with E-state index in [9.17, 15) is 9.59 Å². The second kappa shape index (κ2) is 11.0. The van der Waals surface area contributed by atoms with Crippen molar-refractivity contribution < 1.29 is 19.1 Å². The average molecular weight is 472 g/mol. The number of aliphatic imine (C=N–C) groups is 1. The lowest BCUT2D eigenvalue weighted by molar-refractivity contribution is -0.115. The summed E-state index contributed by atoms with van der Waals surface area (Å²) in [6.45, 7) is 1.61. The molecule has 4 rings (SSSR count). The molecule has 1 aliphatic heterocycles. The molecule has 1 heterocycles. The highest BCUT2D eigenvalue weighted by atomic mass is 16.5. The van der Waals surface area contributed by atoms with E-state index >= 15 is 0 Å². The summed E-state index contributed by atoms with van der Waals surface area (Å²) in [7, 11) is 5.41. The normalized spacial score (nSPS) is 15.0. The van der Waals surface area contributed by atoms with Crippen LogP contribution in [0.5, 0.6) is 5.75 Å². The Hall–Kier alpha value is -3.97. The van der Waals surface area contributed by atoms with Crippen molar-refractivity contribution in [3.63, 3.8) is 0 Å². The second-order valence-corrected chi connectivity index (χ2v) is 8.58. The summed E-state index contributed by atoms with van der Waals surface area (Å²) in [4.78, 5) is 32.1. The third-order valence-electron chi connectivity index (χ3n) is 5.75. The lowest BCUT2D eigenvalue weighted by atomic mass is 9.90. The van der Waals surface area contributed by atoms with Gasteiger partial charge in [0.15, 0.2) is 0 Å². The van der Waals surface area contributed by atoms with Gasteiger partial charge >= 0.3 is 5.97 Å². The molecular weight excluding hydrogens is 442 g/mol. The first-order valence-corrected chi connectivity index (χ1v) is 11.5. The van der Waals surface area contributed by atoms with Gasteiger partial charge in [-0.2, -0.15) is 0 Å². The summed E-state index contributed by atoms with van der Waals surface area (Å²) in [5.41, 5.74) is 3.94. The van der Waals surface area contributed by atoms with E-state index in [0.29, 0.717) is 23.6 Å². The number of hydrogen-bond acceptors (Lipinski definition) is 6. The van der Waals surface area contributed by atoms with Crippen molar-refractivity contribution in [2.75, 3.05) is 39.7 Å². The monoisotopic (exact) mass is 471 g/mol. The Morgan fingerprint density at radius 3 is 2.43 bits per heavy atom. The summed E-state index contributed by atoms with van der Waals surface area (Å²) in [6, 6.07) is 22.3. The van der Waals surface area contributed by atoms with E-state index in [0.717, 1.165) is 35.5 Å². The van der Waals surface area contributed by atoms with Gasteiger partial charge in [-0.05, 0) is 68.0 Å². The van der Waals surface area contributed by atoms with Gasteiger partial charge in [0, 0.05) is 12.2 Å². The maximum Gasteiger partial charge on any atom is 0.337 e. The summed E-state index contributed by atoms with van der Waals surface area (Å²) in [5, 5.41) is 2.90. The van der Waals surface area contributed by atoms with Crippen LogP contribution < -0.4 is 10.1 Å². The Bertz CT molecular complexity index is 1220. The lowest BCUT2D eigenvalue weighted by Crippen LogP contribution is -2.21. The molecule has 0 bridgehead atoms. The maximum atomic E-state index is 13.1. The first-order chi connectivity index (χ1) is 17.0. The zero-order valence-corrected chi connectivity index (χ0v) is 20.2. The average Bonchev–Trinajstić information content (AvgIpc) is 3.20. The van der Waals surface area contributed by atoms with Gasteiger partial charge in [-0.25, -0.2) is 4.79 Å². The van der Waals surface area contributed by atoms with Gasteiger partial charge in [0.25, 0.3) is 0 Å². The number of benzene rings is 3. The fourth-order valence-corrected chi connectivity index (χ4v) is 4.01. The summed E-state index contributed by atoms with van der Waals surface area (Å²) in [5.74, 6) is -0.471. The van der Waals surface area contributed by atoms with Crippen LogP contribution in [-0.2, 0) is 9.53 Å². The number of methoxy groups -OCH3 is 1. The number of rotatable bonds is 9. The Labute approximate surface area is 205 Å². The first-order valence-electron chi connectivity index (χ1n) is 11.5. The molecule has 0 fully saturated rings. The van der Waals surface area contributed by atoms with Crippen LogP contribution in [0.25, 0.3) is 0 Å². The number of amides is 1. The molecule has 0 saturated heterocycles. The Balaban J connectivity index is 1.63. The molecule has 1 N–H and O–H groups in total. The van der Waals surface area contributed by atoms with E-state index in [-0.39, 0.29) is 5.91 Å². The molecule has 180 valence electrons. The van der Waals surface area contributed by atoms with E-state index in [2.05, 4.69) is 10.2 Å². The zero-order valence-electron chi connectivity index (χ0n) is 20.2. The van der Waals surface area contributed by atoms with Crippen LogP contribution in [0.3, 0.4) is 0 Å². The second-order valence-electron chi connectivity index (χ2n) is 8.58. The van der Waals surface area contributed by atoms with Crippen molar-refractivity contribution in [3.05, 3.63) is 89.5 Å². The van der Waals surface area contributed by atoms with Crippen molar-refractivity contribution >= 4 is 29.0 Å². The van der Waals surface area contributed by atoms with Crippen LogP contribution in [0.1, 0.15) is 33.8 Å². The SMILES string of the molecule is COC(=O)c1ccc2c(c1)NC(=O)C2C(=Nc1ccc(OCCCN(C)C)cc1)c1ccccc1. The van der Waals surface area contributed by atoms with Gasteiger partial charge in [0.05, 0.1) is 30.7 Å². The number of anilines is 1. The summed E-state index contributed by atoms with van der Waals surface area (Å²) in [6.07, 6.45) is 0.943. The minimum absolute atomic E-state index is 0.189. The predicted octanol–water partition coefficient (Wildman–Crippen LogP) is 4.66. The van der Waals surface area contributed by atoms with Gasteiger partial charge in [0.1, 0.15) is 11.7 Å². The summed E-state index contributed by atoms with van der Waals surface area (Å²) < 4.78 is 10.6. The number of ether oxygens (including phenoxy) is 2. The quantitative estimate of drug-likeness (QED) is 0.279. The number of esters is 1. The van der Waals surface area contributed by atoms with Crippen LogP contribution >= 0.6 is 0 Å². The topological polar surface area (TPSA) is 80.2 Å². The molecule has 1 aliphatic rings. The lowest BCUT2D eigenvalue weighted by Gasteiger charge is -2.14. The molecule has 0 aliphatic carbocycles. The molecule has 0 aromatic heterocycles. The Morgan fingerprint density at radius 2 is 1.74 bits per heavy atom. The molecule has 7 nitrogen and oxygen atoms in total. The van der Waals surface area contributed by atoms with Crippen molar-refractivity contribution in [2.45, 2.75) is 12.3 Å². The molecule has 35 heavy (non-hydrogen) atoms. The van der Waals surface area contributed by atoms with E-state index in [1.807, 2.05) is 68.7 Å². The standard InChI is InChI=1S/C28H29N3O4/c1-31(2)16-7-17-35-22-13-11-21(12-14-22)29-26(19-8-5-4-6-9-19)25-23-15-10-20(28(33)34-3)18-24(23)30-27(25)32/h4-6,8-15,18,25H,7,16-17H2,1-3H3,(H,30,32). The van der Waals surface area contributed by atoms with Crippen LogP contribution in [0.2, 0.25) is 0 Å². The van der Waals surface area contributed by atoms with Crippen molar-refractivity contribution in [1.82, 2.24) is 4.90 Å². The molecule has 0 saturated carbocycles. The van der Waals surface area contributed by atoms with Gasteiger partial charge in [-0.1, -0.05) is 36.4 Å². The fraction of sp³-hybridized carbons (Fsp3) is 0.250. The highest BCUT2D eigenvalue weighted by Crippen LogP contribution is 2.37.